The second-order valence-corrected chi connectivity index (χ2v) is 3.26. The van der Waals surface area contributed by atoms with Crippen molar-refractivity contribution < 1.29 is 5.11 Å². The molecule has 1 atom stereocenters. The van der Waals surface area contributed by atoms with E-state index in [0.717, 1.165) is 12.3 Å². The summed E-state index contributed by atoms with van der Waals surface area (Å²) in [5, 5.41) is 8.76. The van der Waals surface area contributed by atoms with Crippen LogP contribution in [0.2, 0.25) is 0 Å². The third-order valence-electron chi connectivity index (χ3n) is 1.74. The average Bonchev–Trinajstić information content (AvgIpc) is 1.90. The molecule has 0 aromatic rings. The van der Waals surface area contributed by atoms with E-state index in [9.17, 15) is 0 Å². The van der Waals surface area contributed by atoms with E-state index in [1.807, 2.05) is 0 Å². The molecule has 0 saturated carbocycles. The van der Waals surface area contributed by atoms with Crippen molar-refractivity contribution in [1.29, 1.82) is 0 Å². The lowest BCUT2D eigenvalue weighted by molar-refractivity contribution is 0.216. The molecule has 0 radical (unpaired) electrons. The molecule has 0 aromatic carbocycles. The SMILES string of the molecule is CC(C)CCC(CN)CO. The molecule has 0 fully saturated rings. The maximum atomic E-state index is 8.76. The van der Waals surface area contributed by atoms with Crippen molar-refractivity contribution in [1.82, 2.24) is 0 Å². The van der Waals surface area contributed by atoms with E-state index in [1.165, 1.54) is 6.42 Å². The van der Waals surface area contributed by atoms with Crippen LogP contribution in [0, 0.1) is 11.8 Å². The van der Waals surface area contributed by atoms with Crippen LogP contribution in [0.1, 0.15) is 26.7 Å². The summed E-state index contributed by atoms with van der Waals surface area (Å²) in [5.41, 5.74) is 5.41. The van der Waals surface area contributed by atoms with Crippen LogP contribution in [0.4, 0.5) is 0 Å². The highest BCUT2D eigenvalue weighted by atomic mass is 16.3. The number of hydrogen-bond donors (Lipinski definition) is 2. The van der Waals surface area contributed by atoms with Crippen LogP contribution in [0.5, 0.6) is 0 Å². The Morgan fingerprint density at radius 3 is 2.20 bits per heavy atom. The Balaban J connectivity index is 3.26. The number of nitrogens with two attached hydrogens (primary N) is 1. The summed E-state index contributed by atoms with van der Waals surface area (Å²) in [6, 6.07) is 0. The number of hydrogen-bond acceptors (Lipinski definition) is 2. The highest BCUT2D eigenvalue weighted by Gasteiger charge is 2.04. The fourth-order valence-electron chi connectivity index (χ4n) is 0.853. The van der Waals surface area contributed by atoms with Crippen LogP contribution in [0.3, 0.4) is 0 Å². The molecule has 0 heterocycles. The summed E-state index contributed by atoms with van der Waals surface area (Å²) >= 11 is 0. The van der Waals surface area contributed by atoms with Crippen molar-refractivity contribution in [2.24, 2.45) is 17.6 Å². The summed E-state index contributed by atoms with van der Waals surface area (Å²) in [6.07, 6.45) is 2.23. The topological polar surface area (TPSA) is 46.2 Å². The van der Waals surface area contributed by atoms with E-state index < -0.39 is 0 Å². The highest BCUT2D eigenvalue weighted by molar-refractivity contribution is 4.59. The fraction of sp³-hybridized carbons (Fsp3) is 1.00. The molecule has 0 saturated heterocycles. The standard InChI is InChI=1S/C8H19NO/c1-7(2)3-4-8(5-9)6-10/h7-8,10H,3-6,9H2,1-2H3. The minimum absolute atomic E-state index is 0.239. The predicted molar refractivity (Wildman–Crippen MR) is 43.7 cm³/mol. The molecule has 0 aromatic heterocycles. The molecule has 0 aliphatic heterocycles. The maximum Gasteiger partial charge on any atom is 0.0471 e. The summed E-state index contributed by atoms with van der Waals surface area (Å²) in [7, 11) is 0. The average molecular weight is 145 g/mol. The van der Waals surface area contributed by atoms with Gasteiger partial charge in [-0.25, -0.2) is 0 Å². The first-order valence-corrected chi connectivity index (χ1v) is 4.01. The van der Waals surface area contributed by atoms with Crippen LogP contribution < -0.4 is 5.73 Å². The third-order valence-corrected chi connectivity index (χ3v) is 1.74. The molecule has 0 bridgehead atoms. The first kappa shape index (κ1) is 9.92. The molecule has 0 amide bonds. The van der Waals surface area contributed by atoms with E-state index in [2.05, 4.69) is 13.8 Å². The molecule has 2 nitrogen and oxygen atoms in total. The van der Waals surface area contributed by atoms with Gasteiger partial charge in [0.2, 0.25) is 0 Å². The van der Waals surface area contributed by atoms with E-state index in [4.69, 9.17) is 10.8 Å². The van der Waals surface area contributed by atoms with Gasteiger partial charge in [0.1, 0.15) is 0 Å². The van der Waals surface area contributed by atoms with Gasteiger partial charge in [-0.2, -0.15) is 0 Å². The van der Waals surface area contributed by atoms with Crippen LogP contribution in [0.25, 0.3) is 0 Å². The third kappa shape index (κ3) is 4.77. The molecular formula is C8H19NO. The Morgan fingerprint density at radius 1 is 1.30 bits per heavy atom. The molecule has 0 spiro atoms. The first-order chi connectivity index (χ1) is 4.70. The monoisotopic (exact) mass is 145 g/mol. The largest absolute Gasteiger partial charge is 0.396 e. The lowest BCUT2D eigenvalue weighted by Gasteiger charge is -2.11. The Morgan fingerprint density at radius 2 is 1.90 bits per heavy atom. The van der Waals surface area contributed by atoms with Gasteiger partial charge in [0, 0.05) is 6.61 Å². The predicted octanol–water partition coefficient (Wildman–Crippen LogP) is 0.990. The molecule has 10 heavy (non-hydrogen) atoms. The normalized spacial score (nSPS) is 14.1. The smallest absolute Gasteiger partial charge is 0.0471 e. The molecular weight excluding hydrogens is 126 g/mol. The van der Waals surface area contributed by atoms with Crippen molar-refractivity contribution in [3.8, 4) is 0 Å². The highest BCUT2D eigenvalue weighted by Crippen LogP contribution is 2.10. The summed E-state index contributed by atoms with van der Waals surface area (Å²) in [4.78, 5) is 0. The number of rotatable bonds is 5. The Kier molecular flexibility index (Phi) is 5.64. The Labute approximate surface area is 63.4 Å². The zero-order valence-corrected chi connectivity index (χ0v) is 7.01. The van der Waals surface area contributed by atoms with Crippen molar-refractivity contribution >= 4 is 0 Å². The second kappa shape index (κ2) is 5.69. The minimum Gasteiger partial charge on any atom is -0.396 e. The molecule has 2 heteroatoms. The van der Waals surface area contributed by atoms with E-state index in [1.54, 1.807) is 0 Å². The van der Waals surface area contributed by atoms with Gasteiger partial charge in [0.25, 0.3) is 0 Å². The molecule has 1 unspecified atom stereocenters. The van der Waals surface area contributed by atoms with Gasteiger partial charge in [-0.3, -0.25) is 0 Å². The van der Waals surface area contributed by atoms with Gasteiger partial charge < -0.3 is 10.8 Å². The summed E-state index contributed by atoms with van der Waals surface area (Å²) in [5.74, 6) is 1.04. The number of aliphatic hydroxyl groups excluding tert-OH is 1. The van der Waals surface area contributed by atoms with Gasteiger partial charge in [-0.05, 0) is 24.8 Å². The summed E-state index contributed by atoms with van der Waals surface area (Å²) < 4.78 is 0. The van der Waals surface area contributed by atoms with E-state index >= 15 is 0 Å². The molecule has 3 N–H and O–H groups in total. The van der Waals surface area contributed by atoms with Crippen molar-refractivity contribution in [3.05, 3.63) is 0 Å². The van der Waals surface area contributed by atoms with Crippen LogP contribution in [0.15, 0.2) is 0 Å². The lowest BCUT2D eigenvalue weighted by atomic mass is 9.99. The van der Waals surface area contributed by atoms with Crippen molar-refractivity contribution in [2.75, 3.05) is 13.2 Å². The maximum absolute atomic E-state index is 8.76. The van der Waals surface area contributed by atoms with E-state index in [-0.39, 0.29) is 6.61 Å². The van der Waals surface area contributed by atoms with Crippen molar-refractivity contribution in [2.45, 2.75) is 26.7 Å². The van der Waals surface area contributed by atoms with Gasteiger partial charge in [0.05, 0.1) is 0 Å². The zero-order valence-electron chi connectivity index (χ0n) is 7.01. The lowest BCUT2D eigenvalue weighted by Crippen LogP contribution is -2.18. The van der Waals surface area contributed by atoms with Crippen molar-refractivity contribution in [3.63, 3.8) is 0 Å². The summed E-state index contributed by atoms with van der Waals surface area (Å²) in [6.45, 7) is 5.22. The molecule has 0 aliphatic rings. The second-order valence-electron chi connectivity index (χ2n) is 3.26. The van der Waals surface area contributed by atoms with Crippen LogP contribution >= 0.6 is 0 Å². The number of aliphatic hydroxyl groups is 1. The first-order valence-electron chi connectivity index (χ1n) is 4.01. The Bertz CT molecular complexity index is 69.7. The van der Waals surface area contributed by atoms with Gasteiger partial charge in [-0.15, -0.1) is 0 Å². The zero-order chi connectivity index (χ0) is 7.98. The van der Waals surface area contributed by atoms with Gasteiger partial charge in [0.15, 0.2) is 0 Å². The molecule has 0 rings (SSSR count). The van der Waals surface area contributed by atoms with Crippen LogP contribution in [-0.2, 0) is 0 Å². The quantitative estimate of drug-likeness (QED) is 0.606. The van der Waals surface area contributed by atoms with Crippen LogP contribution in [-0.4, -0.2) is 18.3 Å². The molecule has 62 valence electrons. The van der Waals surface area contributed by atoms with E-state index in [0.29, 0.717) is 12.5 Å². The van der Waals surface area contributed by atoms with Gasteiger partial charge in [-0.1, -0.05) is 20.3 Å². The Hall–Kier alpha value is -0.0800. The minimum atomic E-state index is 0.239. The molecule has 0 aliphatic carbocycles. The fourth-order valence-corrected chi connectivity index (χ4v) is 0.853. The van der Waals surface area contributed by atoms with Gasteiger partial charge >= 0.3 is 0 Å².